The van der Waals surface area contributed by atoms with Gasteiger partial charge in [0.25, 0.3) is 0 Å². The fourth-order valence-corrected chi connectivity index (χ4v) is 4.52. The molecule has 4 aromatic rings. The molecule has 208 valence electrons. The number of aromatic nitrogens is 2. The molecule has 0 fully saturated rings. The van der Waals surface area contributed by atoms with Crippen LogP contribution >= 0.6 is 0 Å². The van der Waals surface area contributed by atoms with Gasteiger partial charge >= 0.3 is 0 Å². The molecule has 0 aliphatic carbocycles. The predicted octanol–water partition coefficient (Wildman–Crippen LogP) is 7.54. The molecule has 1 aromatic heterocycles. The number of allylic oxidation sites excluding steroid dienone is 2. The number of rotatable bonds is 11. The van der Waals surface area contributed by atoms with Gasteiger partial charge in [0.1, 0.15) is 17.4 Å². The fourth-order valence-electron chi connectivity index (χ4n) is 4.52. The van der Waals surface area contributed by atoms with Gasteiger partial charge in [-0.25, -0.2) is 8.78 Å². The highest BCUT2D eigenvalue weighted by atomic mass is 19.1. The lowest BCUT2D eigenvalue weighted by atomic mass is 9.87. The normalized spacial score (nSPS) is 12.2. The molecule has 8 heteroatoms. The smallest absolute Gasteiger partial charge is 0.245 e. The Labute approximate surface area is 232 Å². The predicted molar refractivity (Wildman–Crippen MR) is 152 cm³/mol. The number of hydrogen-bond acceptors (Lipinski definition) is 3. The Morgan fingerprint density at radius 3 is 2.35 bits per heavy atom. The Balaban J connectivity index is 1.59. The largest absolute Gasteiger partial charge is 0.494 e. The Kier molecular flexibility index (Phi) is 9.43. The summed E-state index contributed by atoms with van der Waals surface area (Å²) in [6.07, 6.45) is 6.25. The minimum Gasteiger partial charge on any atom is -0.494 e. The van der Waals surface area contributed by atoms with Crippen LogP contribution in [0.4, 0.5) is 13.2 Å². The zero-order valence-corrected chi connectivity index (χ0v) is 22.8. The molecule has 5 nitrogen and oxygen atoms in total. The Morgan fingerprint density at radius 2 is 1.68 bits per heavy atom. The molecule has 0 bridgehead atoms. The van der Waals surface area contributed by atoms with Gasteiger partial charge in [-0.1, -0.05) is 37.3 Å². The number of nitrogens with one attached hydrogen (secondary N) is 1. The first kappa shape index (κ1) is 28.7. The maximum Gasteiger partial charge on any atom is 0.245 e. The van der Waals surface area contributed by atoms with Crippen molar-refractivity contribution in [3.05, 3.63) is 107 Å². The van der Waals surface area contributed by atoms with Gasteiger partial charge in [0, 0.05) is 19.7 Å². The van der Waals surface area contributed by atoms with Gasteiger partial charge in [-0.15, -0.1) is 5.10 Å². The lowest BCUT2D eigenvalue weighted by molar-refractivity contribution is -0.123. The van der Waals surface area contributed by atoms with E-state index in [9.17, 15) is 18.0 Å². The van der Waals surface area contributed by atoms with Crippen molar-refractivity contribution in [3.8, 4) is 5.75 Å². The van der Waals surface area contributed by atoms with E-state index in [0.29, 0.717) is 52.0 Å². The van der Waals surface area contributed by atoms with Gasteiger partial charge in [0.15, 0.2) is 0 Å². The third-order valence-electron chi connectivity index (χ3n) is 6.60. The van der Waals surface area contributed by atoms with Gasteiger partial charge < -0.3 is 9.64 Å². The monoisotopic (exact) mass is 547 g/mol. The quantitative estimate of drug-likeness (QED) is 0.120. The van der Waals surface area contributed by atoms with Crippen LogP contribution in [0.1, 0.15) is 49.3 Å². The molecule has 3 aromatic carbocycles. The van der Waals surface area contributed by atoms with E-state index in [1.165, 1.54) is 23.1 Å². The summed E-state index contributed by atoms with van der Waals surface area (Å²) in [4.78, 5) is 13.1. The molecule has 0 unspecified atom stereocenters. The van der Waals surface area contributed by atoms with E-state index in [2.05, 4.69) is 10.2 Å². The highest BCUT2D eigenvalue weighted by Gasteiger charge is 2.20. The molecule has 0 saturated heterocycles. The number of unbranched alkanes of at least 4 members (excludes halogenated alkanes) is 2. The highest BCUT2D eigenvalue weighted by molar-refractivity contribution is 6.00. The van der Waals surface area contributed by atoms with E-state index in [-0.39, 0.29) is 11.5 Å². The van der Waals surface area contributed by atoms with Crippen molar-refractivity contribution >= 4 is 28.0 Å². The van der Waals surface area contributed by atoms with Crippen LogP contribution in [0.3, 0.4) is 0 Å². The van der Waals surface area contributed by atoms with Gasteiger partial charge in [0.2, 0.25) is 11.9 Å². The van der Waals surface area contributed by atoms with Crippen LogP contribution in [-0.2, 0) is 4.79 Å². The second-order valence-corrected chi connectivity index (χ2v) is 9.58. The summed E-state index contributed by atoms with van der Waals surface area (Å²) < 4.78 is 50.1. The number of ether oxygens (including phenoxy) is 1. The number of aromatic amines is 1. The van der Waals surface area contributed by atoms with Crippen LogP contribution in [0.5, 0.6) is 5.75 Å². The summed E-state index contributed by atoms with van der Waals surface area (Å²) in [5, 5.41) is 6.57. The van der Waals surface area contributed by atoms with Crippen molar-refractivity contribution in [2.24, 2.45) is 0 Å². The van der Waals surface area contributed by atoms with Crippen molar-refractivity contribution in [1.82, 2.24) is 15.1 Å². The molecule has 0 saturated carbocycles. The summed E-state index contributed by atoms with van der Waals surface area (Å²) in [5.41, 5.74) is 2.81. The topological polar surface area (TPSA) is 58.2 Å². The van der Waals surface area contributed by atoms with Crippen molar-refractivity contribution in [3.63, 3.8) is 0 Å². The van der Waals surface area contributed by atoms with Crippen molar-refractivity contribution in [2.75, 3.05) is 20.7 Å². The van der Waals surface area contributed by atoms with Crippen molar-refractivity contribution < 1.29 is 22.7 Å². The van der Waals surface area contributed by atoms with Crippen LogP contribution in [0.2, 0.25) is 0 Å². The number of likely N-dealkylation sites (N-methyl/N-ethyl adjacent to an activating group) is 1. The first-order valence-corrected chi connectivity index (χ1v) is 13.2. The zero-order valence-electron chi connectivity index (χ0n) is 22.8. The first-order valence-electron chi connectivity index (χ1n) is 13.2. The molecule has 0 radical (unpaired) electrons. The molecule has 4 rings (SSSR count). The van der Waals surface area contributed by atoms with E-state index in [1.54, 1.807) is 38.4 Å². The Hall–Kier alpha value is -4.33. The van der Waals surface area contributed by atoms with Crippen LogP contribution in [0, 0.1) is 17.6 Å². The number of carbonyl (C=O) groups is 1. The van der Waals surface area contributed by atoms with Crippen LogP contribution in [0.25, 0.3) is 22.0 Å². The molecule has 0 aliphatic rings. The van der Waals surface area contributed by atoms with Gasteiger partial charge in [-0.3, -0.25) is 9.89 Å². The molecule has 1 N–H and O–H groups in total. The number of amides is 1. The third-order valence-corrected chi connectivity index (χ3v) is 6.60. The average molecular weight is 548 g/mol. The number of fused-ring (bicyclic) bond motifs is 1. The van der Waals surface area contributed by atoms with Gasteiger partial charge in [0.05, 0.1) is 17.5 Å². The maximum atomic E-state index is 14.9. The molecule has 0 atom stereocenters. The molecule has 1 amide bonds. The van der Waals surface area contributed by atoms with E-state index < -0.39 is 17.6 Å². The van der Waals surface area contributed by atoms with Gasteiger partial charge in [-0.05, 0) is 90.4 Å². The summed E-state index contributed by atoms with van der Waals surface area (Å²) >= 11 is 0. The molecule has 0 spiro atoms. The zero-order chi connectivity index (χ0) is 28.6. The number of benzene rings is 3. The second kappa shape index (κ2) is 13.2. The van der Waals surface area contributed by atoms with E-state index in [1.807, 2.05) is 37.3 Å². The minimum atomic E-state index is -0.661. The summed E-state index contributed by atoms with van der Waals surface area (Å²) in [6.45, 7) is 2.34. The second-order valence-electron chi connectivity index (χ2n) is 9.58. The third kappa shape index (κ3) is 6.62. The summed E-state index contributed by atoms with van der Waals surface area (Å²) in [5.74, 6) is -1.34. The standard InChI is InChI=1S/C32H32F3N3O2/c1-4-24(31-26(33)10-9-11-27(31)34)30(22-15-18-28-25(20-22)32(35)37-36-28)21-13-16-23(17-14-21)40-19-8-6-5-7-12-29(39)38(2)3/h7,9-18,20H,4-6,8,19H2,1-3H3,(H,36,37)/b12-7+,30-24+. The Bertz CT molecular complexity index is 1520. The molecule has 1 heterocycles. The number of hydrogen-bond donors (Lipinski definition) is 1. The van der Waals surface area contributed by atoms with E-state index in [0.717, 1.165) is 19.3 Å². The van der Waals surface area contributed by atoms with E-state index in [4.69, 9.17) is 4.74 Å². The van der Waals surface area contributed by atoms with E-state index >= 15 is 0 Å². The number of carbonyl (C=O) groups excluding carboxylic acids is 1. The fraction of sp³-hybridized carbons (Fsp3) is 0.250. The Morgan fingerprint density at radius 1 is 0.975 bits per heavy atom. The van der Waals surface area contributed by atoms with Gasteiger partial charge in [-0.2, -0.15) is 4.39 Å². The highest BCUT2D eigenvalue weighted by Crippen LogP contribution is 2.38. The minimum absolute atomic E-state index is 0.0384. The number of nitrogens with zero attached hydrogens (tertiary/aromatic N) is 2. The van der Waals surface area contributed by atoms with Crippen LogP contribution in [0.15, 0.2) is 72.8 Å². The number of halogens is 3. The van der Waals surface area contributed by atoms with Crippen LogP contribution < -0.4 is 4.74 Å². The van der Waals surface area contributed by atoms with Crippen molar-refractivity contribution in [2.45, 2.75) is 32.6 Å². The summed E-state index contributed by atoms with van der Waals surface area (Å²) in [6, 6.07) is 16.2. The molecule has 40 heavy (non-hydrogen) atoms. The molecular formula is C32H32F3N3O2. The average Bonchev–Trinajstić information content (AvgIpc) is 3.32. The maximum absolute atomic E-state index is 14.9. The lowest BCUT2D eigenvalue weighted by Crippen LogP contribution is -2.18. The number of H-pyrrole nitrogens is 1. The SMILES string of the molecule is CC/C(=C(/c1ccc(OCCCC/C=C/C(=O)N(C)C)cc1)c1ccc2[nH]nc(F)c2c1)c1c(F)cccc1F. The summed E-state index contributed by atoms with van der Waals surface area (Å²) in [7, 11) is 3.42. The first-order chi connectivity index (χ1) is 19.3. The molecular weight excluding hydrogens is 515 g/mol. The molecule has 0 aliphatic heterocycles. The lowest BCUT2D eigenvalue weighted by Gasteiger charge is -2.18. The van der Waals surface area contributed by atoms with Crippen molar-refractivity contribution in [1.29, 1.82) is 0 Å². The van der Waals surface area contributed by atoms with Crippen LogP contribution in [-0.4, -0.2) is 41.7 Å².